The molecule has 0 aromatic heterocycles. The fraction of sp³-hybridized carbons (Fsp3) is 0.172. The standard InChI is InChI=1S/C29H27ClN4O4/c1-2-37-26(35)9-6-18-38-24-16-12-22(13-17-24)28(36)32-29(31)34-19-25(20-7-4-3-5-8-20)27(33-34)21-10-14-23(30)15-11-21/h3-17,25H,2,18-19H2,1H3,(H2,31,32,36)/b9-6+. The molecule has 3 aromatic carbocycles. The number of carbonyl (C=O) groups excluding carboxylic acids is 2. The number of hydrogen-bond donors (Lipinski definition) is 1. The average molecular weight is 531 g/mol. The van der Waals surface area contributed by atoms with Gasteiger partial charge < -0.3 is 15.2 Å². The smallest absolute Gasteiger partial charge is 0.330 e. The molecule has 4 rings (SSSR count). The lowest BCUT2D eigenvalue weighted by Gasteiger charge is -2.15. The van der Waals surface area contributed by atoms with E-state index in [9.17, 15) is 9.59 Å². The van der Waals surface area contributed by atoms with Gasteiger partial charge in [0.15, 0.2) is 0 Å². The van der Waals surface area contributed by atoms with Gasteiger partial charge in [0.1, 0.15) is 12.4 Å². The molecule has 1 atom stereocenters. The van der Waals surface area contributed by atoms with Gasteiger partial charge in [-0.15, -0.1) is 0 Å². The molecule has 0 saturated carbocycles. The van der Waals surface area contributed by atoms with Crippen LogP contribution >= 0.6 is 11.6 Å². The second kappa shape index (κ2) is 12.7. The van der Waals surface area contributed by atoms with E-state index in [1.165, 1.54) is 6.08 Å². The third-order valence-electron chi connectivity index (χ3n) is 5.72. The van der Waals surface area contributed by atoms with Crippen molar-refractivity contribution in [1.82, 2.24) is 5.01 Å². The van der Waals surface area contributed by atoms with Gasteiger partial charge in [-0.05, 0) is 60.5 Å². The zero-order valence-corrected chi connectivity index (χ0v) is 21.5. The van der Waals surface area contributed by atoms with E-state index >= 15 is 0 Å². The minimum atomic E-state index is -0.498. The summed E-state index contributed by atoms with van der Waals surface area (Å²) >= 11 is 6.08. The van der Waals surface area contributed by atoms with Crippen LogP contribution < -0.4 is 10.5 Å². The molecule has 1 unspecified atom stereocenters. The maximum atomic E-state index is 12.8. The van der Waals surface area contributed by atoms with Crippen molar-refractivity contribution >= 4 is 35.1 Å². The summed E-state index contributed by atoms with van der Waals surface area (Å²) in [4.78, 5) is 28.2. The number of aliphatic imine (C=N–C) groups is 1. The van der Waals surface area contributed by atoms with Gasteiger partial charge in [-0.25, -0.2) is 9.80 Å². The topological polar surface area (TPSA) is 107 Å². The van der Waals surface area contributed by atoms with Gasteiger partial charge in [-0.2, -0.15) is 10.1 Å². The predicted octanol–water partition coefficient (Wildman–Crippen LogP) is 4.80. The molecule has 1 aliphatic heterocycles. The van der Waals surface area contributed by atoms with Crippen molar-refractivity contribution in [3.05, 3.63) is 113 Å². The number of nitrogens with two attached hydrogens (primary N) is 1. The molecule has 0 aliphatic carbocycles. The van der Waals surface area contributed by atoms with Crippen molar-refractivity contribution in [3.8, 4) is 5.75 Å². The van der Waals surface area contributed by atoms with Gasteiger partial charge in [-0.3, -0.25) is 4.79 Å². The number of hydrazone groups is 1. The van der Waals surface area contributed by atoms with Crippen LogP contribution in [-0.4, -0.2) is 48.3 Å². The number of amides is 1. The van der Waals surface area contributed by atoms with Gasteiger partial charge in [0.25, 0.3) is 5.91 Å². The summed E-state index contributed by atoms with van der Waals surface area (Å²) in [5.41, 5.74) is 9.40. The Balaban J connectivity index is 1.45. The van der Waals surface area contributed by atoms with Crippen LogP contribution in [0.4, 0.5) is 0 Å². The van der Waals surface area contributed by atoms with Crippen LogP contribution in [0.3, 0.4) is 0 Å². The first kappa shape index (κ1) is 26.6. The second-order valence-corrected chi connectivity index (χ2v) is 8.74. The van der Waals surface area contributed by atoms with Crippen LogP contribution in [0.1, 0.15) is 34.3 Å². The summed E-state index contributed by atoms with van der Waals surface area (Å²) in [6.45, 7) is 2.67. The zero-order valence-electron chi connectivity index (χ0n) is 20.8. The van der Waals surface area contributed by atoms with E-state index in [0.717, 1.165) is 16.8 Å². The Kier molecular flexibility index (Phi) is 8.89. The zero-order chi connectivity index (χ0) is 26.9. The van der Waals surface area contributed by atoms with E-state index in [-0.39, 0.29) is 18.5 Å². The third kappa shape index (κ3) is 6.86. The van der Waals surface area contributed by atoms with Gasteiger partial charge in [0.2, 0.25) is 5.96 Å². The Bertz CT molecular complexity index is 1350. The molecule has 1 heterocycles. The molecule has 8 nitrogen and oxygen atoms in total. The van der Waals surface area contributed by atoms with Crippen LogP contribution in [0.2, 0.25) is 5.02 Å². The Morgan fingerprint density at radius 3 is 2.47 bits per heavy atom. The summed E-state index contributed by atoms with van der Waals surface area (Å²) in [7, 11) is 0. The number of esters is 1. The summed E-state index contributed by atoms with van der Waals surface area (Å²) in [5.74, 6) is -0.442. The van der Waals surface area contributed by atoms with E-state index in [2.05, 4.69) is 4.99 Å². The second-order valence-electron chi connectivity index (χ2n) is 8.30. The maximum Gasteiger partial charge on any atom is 0.330 e. The lowest BCUT2D eigenvalue weighted by Crippen LogP contribution is -2.33. The van der Waals surface area contributed by atoms with Crippen LogP contribution in [-0.2, 0) is 9.53 Å². The molecule has 38 heavy (non-hydrogen) atoms. The van der Waals surface area contributed by atoms with E-state index in [4.69, 9.17) is 31.9 Å². The number of hydrogen-bond acceptors (Lipinski definition) is 5. The highest BCUT2D eigenvalue weighted by molar-refractivity contribution is 6.30. The molecule has 0 saturated heterocycles. The first-order valence-electron chi connectivity index (χ1n) is 12.1. The number of guanidine groups is 1. The highest BCUT2D eigenvalue weighted by atomic mass is 35.5. The Morgan fingerprint density at radius 1 is 1.08 bits per heavy atom. The van der Waals surface area contributed by atoms with E-state index in [0.29, 0.717) is 29.5 Å². The monoisotopic (exact) mass is 530 g/mol. The average Bonchev–Trinajstić information content (AvgIpc) is 3.38. The minimum Gasteiger partial charge on any atom is -0.490 e. The first-order valence-corrected chi connectivity index (χ1v) is 12.4. The summed E-state index contributed by atoms with van der Waals surface area (Å²) in [5, 5.41) is 6.90. The highest BCUT2D eigenvalue weighted by Crippen LogP contribution is 2.29. The number of ether oxygens (including phenoxy) is 2. The number of halogens is 1. The first-order chi connectivity index (χ1) is 18.4. The largest absolute Gasteiger partial charge is 0.490 e. The van der Waals surface area contributed by atoms with Crippen LogP contribution in [0.5, 0.6) is 5.75 Å². The lowest BCUT2D eigenvalue weighted by atomic mass is 9.91. The SMILES string of the molecule is CCOC(=O)/C=C/COc1ccc(C(=O)N=C(N)N2CC(c3ccccc3)C(c3ccc(Cl)cc3)=N2)cc1. The van der Waals surface area contributed by atoms with E-state index in [1.54, 1.807) is 42.3 Å². The minimum absolute atomic E-state index is 0.00400. The fourth-order valence-electron chi connectivity index (χ4n) is 3.87. The molecule has 0 fully saturated rings. The van der Waals surface area contributed by atoms with Gasteiger partial charge in [0.05, 0.1) is 18.9 Å². The van der Waals surface area contributed by atoms with E-state index in [1.807, 2.05) is 54.6 Å². The Labute approximate surface area is 226 Å². The molecule has 194 valence electrons. The summed E-state index contributed by atoms with van der Waals surface area (Å²) < 4.78 is 10.4. The Hall–Kier alpha value is -4.43. The number of rotatable bonds is 8. The van der Waals surface area contributed by atoms with Crippen LogP contribution in [0.25, 0.3) is 0 Å². The third-order valence-corrected chi connectivity index (χ3v) is 5.98. The highest BCUT2D eigenvalue weighted by Gasteiger charge is 2.31. The molecule has 2 N–H and O–H groups in total. The van der Waals surface area contributed by atoms with E-state index < -0.39 is 11.9 Å². The molecule has 1 amide bonds. The van der Waals surface area contributed by atoms with Crippen molar-refractivity contribution in [2.24, 2.45) is 15.8 Å². The van der Waals surface area contributed by atoms with Crippen LogP contribution in [0, 0.1) is 0 Å². The van der Waals surface area contributed by atoms with Crippen molar-refractivity contribution in [3.63, 3.8) is 0 Å². The maximum absolute atomic E-state index is 12.8. The molecule has 3 aromatic rings. The van der Waals surface area contributed by atoms with Crippen LogP contribution in [0.15, 0.2) is 101 Å². The summed E-state index contributed by atoms with van der Waals surface area (Å²) in [6.07, 6.45) is 2.86. The van der Waals surface area contributed by atoms with Gasteiger partial charge in [-0.1, -0.05) is 54.1 Å². The van der Waals surface area contributed by atoms with Crippen molar-refractivity contribution < 1.29 is 19.1 Å². The molecule has 9 heteroatoms. The molecular weight excluding hydrogens is 504 g/mol. The molecule has 0 spiro atoms. The lowest BCUT2D eigenvalue weighted by molar-refractivity contribution is -0.137. The Morgan fingerprint density at radius 2 is 1.79 bits per heavy atom. The quantitative estimate of drug-likeness (QED) is 0.194. The van der Waals surface area contributed by atoms with Gasteiger partial charge in [0, 0.05) is 22.6 Å². The molecule has 0 radical (unpaired) electrons. The number of nitrogens with zero attached hydrogens (tertiary/aromatic N) is 3. The van der Waals surface area contributed by atoms with Crippen molar-refractivity contribution in [2.45, 2.75) is 12.8 Å². The molecule has 0 bridgehead atoms. The van der Waals surface area contributed by atoms with Gasteiger partial charge >= 0.3 is 5.97 Å². The van der Waals surface area contributed by atoms with Crippen molar-refractivity contribution in [2.75, 3.05) is 19.8 Å². The summed E-state index contributed by atoms with van der Waals surface area (Å²) in [6, 6.07) is 23.9. The molecule has 1 aliphatic rings. The van der Waals surface area contributed by atoms with Crippen molar-refractivity contribution in [1.29, 1.82) is 0 Å². The number of benzene rings is 3. The number of carbonyl (C=O) groups is 2. The molecular formula is C29H27ClN4O4. The predicted molar refractivity (Wildman–Crippen MR) is 148 cm³/mol. The fourth-order valence-corrected chi connectivity index (χ4v) is 4.00. The normalized spacial score (nSPS) is 15.4.